The molecule has 3 nitrogen and oxygen atoms in total. The molecule has 13 aromatic carbocycles. The van der Waals surface area contributed by atoms with E-state index in [0.29, 0.717) is 0 Å². The molecule has 3 heteroatoms. The molecule has 0 aliphatic carbocycles. The second-order valence-electron chi connectivity index (χ2n) is 19.6. The van der Waals surface area contributed by atoms with Crippen LogP contribution in [-0.4, -0.2) is 4.57 Å². The third kappa shape index (κ3) is 7.12. The van der Waals surface area contributed by atoms with Crippen molar-refractivity contribution in [1.82, 2.24) is 4.57 Å². The topological polar surface area (TPSA) is 21.3 Å². The van der Waals surface area contributed by atoms with Crippen LogP contribution in [0.4, 0.5) is 17.1 Å². The molecule has 15 rings (SSSR count). The number of nitrogens with zero attached hydrogens (tertiary/aromatic N) is 2. The Morgan fingerprint density at radius 2 is 0.747 bits per heavy atom. The van der Waals surface area contributed by atoms with Crippen LogP contribution in [0.2, 0.25) is 0 Å². The van der Waals surface area contributed by atoms with E-state index in [-0.39, 0.29) is 0 Å². The molecule has 75 heavy (non-hydrogen) atoms. The second-order valence-corrected chi connectivity index (χ2v) is 19.6. The molecule has 0 fully saturated rings. The highest BCUT2D eigenvalue weighted by molar-refractivity contribution is 6.18. The molecule has 0 amide bonds. The summed E-state index contributed by atoms with van der Waals surface area (Å²) in [5, 5.41) is 12.1. The van der Waals surface area contributed by atoms with Crippen molar-refractivity contribution in [2.45, 2.75) is 0 Å². The van der Waals surface area contributed by atoms with Crippen LogP contribution in [0.25, 0.3) is 126 Å². The first kappa shape index (κ1) is 42.7. The minimum atomic E-state index is 0.903. The summed E-state index contributed by atoms with van der Waals surface area (Å²) in [6, 6.07) is 101. The Labute approximate surface area is 434 Å². The highest BCUT2D eigenvalue weighted by Gasteiger charge is 2.19. The molecule has 2 heterocycles. The molecule has 0 radical (unpaired) electrons. The van der Waals surface area contributed by atoms with Crippen LogP contribution in [0.5, 0.6) is 0 Å². The first-order valence-electron chi connectivity index (χ1n) is 25.7. The Hall–Kier alpha value is -9.96. The number of benzene rings is 13. The van der Waals surface area contributed by atoms with Crippen molar-refractivity contribution >= 4 is 93.1 Å². The molecule has 0 aliphatic heterocycles. The lowest BCUT2D eigenvalue weighted by Crippen LogP contribution is -2.09. The fourth-order valence-corrected chi connectivity index (χ4v) is 11.8. The van der Waals surface area contributed by atoms with Gasteiger partial charge in [0.2, 0.25) is 0 Å². The van der Waals surface area contributed by atoms with E-state index in [0.717, 1.165) is 77.9 Å². The Morgan fingerprint density at radius 3 is 1.43 bits per heavy atom. The normalized spacial score (nSPS) is 11.7. The lowest BCUT2D eigenvalue weighted by molar-refractivity contribution is 0.674. The van der Waals surface area contributed by atoms with E-state index in [1.807, 2.05) is 0 Å². The summed E-state index contributed by atoms with van der Waals surface area (Å²) in [6.07, 6.45) is 0. The predicted octanol–water partition coefficient (Wildman–Crippen LogP) is 20.3. The molecule has 0 saturated heterocycles. The molecule has 15 aromatic rings. The van der Waals surface area contributed by atoms with Crippen molar-refractivity contribution in [3.63, 3.8) is 0 Å². The van der Waals surface area contributed by atoms with E-state index in [1.54, 1.807) is 0 Å². The highest BCUT2D eigenvalue weighted by Crippen LogP contribution is 2.43. The summed E-state index contributed by atoms with van der Waals surface area (Å²) < 4.78 is 9.17. The number of aromatic nitrogens is 1. The van der Waals surface area contributed by atoms with Gasteiger partial charge in [0.25, 0.3) is 0 Å². The van der Waals surface area contributed by atoms with Gasteiger partial charge in [-0.25, -0.2) is 0 Å². The van der Waals surface area contributed by atoms with Crippen LogP contribution >= 0.6 is 0 Å². The fourth-order valence-electron chi connectivity index (χ4n) is 11.8. The smallest absolute Gasteiger partial charge is 0.143 e. The zero-order valence-electron chi connectivity index (χ0n) is 40.9. The maximum atomic E-state index is 6.79. The highest BCUT2D eigenvalue weighted by atomic mass is 16.3. The summed E-state index contributed by atoms with van der Waals surface area (Å²) >= 11 is 0. The largest absolute Gasteiger partial charge is 0.455 e. The van der Waals surface area contributed by atoms with Crippen molar-refractivity contribution in [2.24, 2.45) is 0 Å². The monoisotopic (exact) mass is 954 g/mol. The quantitative estimate of drug-likeness (QED) is 0.142. The standard InChI is InChI=1S/C72H46N2O/c1-4-21-60-49(14-1)36-43-67-66-27-13-26-61(71(66)75-72(60)67)50-34-41-57(42-35-50)73(56-39-32-48(33-40-56)52-17-12-19-58(45-52)74-69-28-9-7-24-64(69)65-25-8-10-29-70(65)74)55-37-30-47(31-38-55)51-16-11-18-53(44-51)68-46-54-15-2-3-20-59(54)62-22-5-6-23-63(62)68/h1-46H. The van der Waals surface area contributed by atoms with E-state index >= 15 is 0 Å². The van der Waals surface area contributed by atoms with Gasteiger partial charge in [0.15, 0.2) is 0 Å². The zero-order valence-corrected chi connectivity index (χ0v) is 40.9. The lowest BCUT2D eigenvalue weighted by atomic mass is 9.92. The van der Waals surface area contributed by atoms with E-state index in [2.05, 4.69) is 289 Å². The zero-order chi connectivity index (χ0) is 49.4. The minimum Gasteiger partial charge on any atom is -0.455 e. The Kier molecular flexibility index (Phi) is 9.89. The van der Waals surface area contributed by atoms with Gasteiger partial charge in [0.05, 0.1) is 11.0 Å². The molecule has 0 atom stereocenters. The Balaban J connectivity index is 0.810. The fraction of sp³-hybridized carbons (Fsp3) is 0. The van der Waals surface area contributed by atoms with Gasteiger partial charge in [-0.05, 0) is 145 Å². The van der Waals surface area contributed by atoms with Gasteiger partial charge in [0.1, 0.15) is 11.2 Å². The summed E-state index contributed by atoms with van der Waals surface area (Å²) in [5.41, 5.74) is 17.8. The lowest BCUT2D eigenvalue weighted by Gasteiger charge is -2.26. The third-order valence-corrected chi connectivity index (χ3v) is 15.4. The van der Waals surface area contributed by atoms with Gasteiger partial charge < -0.3 is 13.9 Å². The van der Waals surface area contributed by atoms with Crippen molar-refractivity contribution in [2.75, 3.05) is 4.90 Å². The number of para-hydroxylation sites is 3. The predicted molar refractivity (Wildman–Crippen MR) is 317 cm³/mol. The number of hydrogen-bond acceptors (Lipinski definition) is 2. The number of furan rings is 1. The van der Waals surface area contributed by atoms with Crippen molar-refractivity contribution in [3.8, 4) is 50.2 Å². The number of fused-ring (bicyclic) bond motifs is 11. The summed E-state index contributed by atoms with van der Waals surface area (Å²) in [5.74, 6) is 0. The van der Waals surface area contributed by atoms with Gasteiger partial charge in [-0.15, -0.1) is 0 Å². The van der Waals surface area contributed by atoms with Gasteiger partial charge in [-0.1, -0.05) is 200 Å². The van der Waals surface area contributed by atoms with Gasteiger partial charge in [-0.3, -0.25) is 0 Å². The molecular weight excluding hydrogens is 909 g/mol. The average molecular weight is 955 g/mol. The number of hydrogen-bond donors (Lipinski definition) is 0. The molecule has 0 bridgehead atoms. The molecule has 0 aliphatic rings. The molecular formula is C72H46N2O. The molecule has 0 saturated carbocycles. The maximum Gasteiger partial charge on any atom is 0.143 e. The summed E-state index contributed by atoms with van der Waals surface area (Å²) in [4.78, 5) is 2.36. The van der Waals surface area contributed by atoms with Crippen LogP contribution in [0.1, 0.15) is 0 Å². The van der Waals surface area contributed by atoms with Crippen LogP contribution in [0, 0.1) is 0 Å². The van der Waals surface area contributed by atoms with Crippen LogP contribution in [0.3, 0.4) is 0 Å². The van der Waals surface area contributed by atoms with E-state index < -0.39 is 0 Å². The molecule has 350 valence electrons. The Morgan fingerprint density at radius 1 is 0.253 bits per heavy atom. The Bertz CT molecular complexity index is 4640. The number of anilines is 3. The third-order valence-electron chi connectivity index (χ3n) is 15.4. The van der Waals surface area contributed by atoms with Gasteiger partial charge in [0, 0.05) is 55.2 Å². The second kappa shape index (κ2) is 17.4. The first-order valence-corrected chi connectivity index (χ1v) is 25.7. The van der Waals surface area contributed by atoms with E-state index in [1.165, 1.54) is 65.4 Å². The first-order chi connectivity index (χ1) is 37.2. The molecule has 0 unspecified atom stereocenters. The SMILES string of the molecule is c1cc(-c2ccc(N(c3ccc(-c4cccc(-n5c6ccccc6c6ccccc65)c4)cc3)c3ccc(-c4cccc5c4oc4c6ccccc6ccc54)cc3)cc2)cc(-c2cc3ccccc3c3ccccc23)c1. The van der Waals surface area contributed by atoms with E-state index in [9.17, 15) is 0 Å². The van der Waals surface area contributed by atoms with Gasteiger partial charge >= 0.3 is 0 Å². The van der Waals surface area contributed by atoms with Crippen molar-refractivity contribution in [3.05, 3.63) is 279 Å². The molecule has 2 aromatic heterocycles. The summed E-state index contributed by atoms with van der Waals surface area (Å²) in [6.45, 7) is 0. The average Bonchev–Trinajstić information content (AvgIpc) is 4.04. The minimum absolute atomic E-state index is 0.903. The summed E-state index contributed by atoms with van der Waals surface area (Å²) in [7, 11) is 0. The van der Waals surface area contributed by atoms with Crippen LogP contribution < -0.4 is 4.90 Å². The number of rotatable bonds is 8. The van der Waals surface area contributed by atoms with Gasteiger partial charge in [-0.2, -0.15) is 0 Å². The van der Waals surface area contributed by atoms with E-state index in [4.69, 9.17) is 4.42 Å². The van der Waals surface area contributed by atoms with Crippen molar-refractivity contribution < 1.29 is 4.42 Å². The molecule has 0 N–H and O–H groups in total. The maximum absolute atomic E-state index is 6.79. The van der Waals surface area contributed by atoms with Crippen LogP contribution in [0.15, 0.2) is 283 Å². The van der Waals surface area contributed by atoms with Crippen molar-refractivity contribution in [1.29, 1.82) is 0 Å². The van der Waals surface area contributed by atoms with Crippen LogP contribution in [-0.2, 0) is 0 Å². The molecule has 0 spiro atoms.